The first kappa shape index (κ1) is 20.2. The Balaban J connectivity index is 1.57. The minimum Gasteiger partial charge on any atom is -0.497 e. The number of methoxy groups -OCH3 is 1. The summed E-state index contributed by atoms with van der Waals surface area (Å²) in [5, 5.41) is 5.42. The van der Waals surface area contributed by atoms with Gasteiger partial charge < -0.3 is 15.4 Å². The number of amides is 2. The zero-order valence-corrected chi connectivity index (χ0v) is 16.4. The van der Waals surface area contributed by atoms with Crippen LogP contribution in [0.5, 0.6) is 5.75 Å². The highest BCUT2D eigenvalue weighted by Gasteiger charge is 2.14. The van der Waals surface area contributed by atoms with E-state index in [1.807, 2.05) is 12.1 Å². The van der Waals surface area contributed by atoms with Crippen molar-refractivity contribution in [3.8, 4) is 5.75 Å². The summed E-state index contributed by atoms with van der Waals surface area (Å²) in [6.45, 7) is 0.369. The fourth-order valence-corrected chi connectivity index (χ4v) is 3.51. The first-order valence-electron chi connectivity index (χ1n) is 8.67. The molecule has 2 amide bonds. The number of sulfonamides is 1. The van der Waals surface area contributed by atoms with E-state index in [0.29, 0.717) is 23.7 Å². The van der Waals surface area contributed by atoms with Gasteiger partial charge in [0, 0.05) is 30.3 Å². The number of urea groups is 1. The number of carbonyl (C=O) groups is 1. The van der Waals surface area contributed by atoms with Crippen LogP contribution in [0.4, 0.5) is 16.2 Å². The predicted molar refractivity (Wildman–Crippen MR) is 110 cm³/mol. The number of aromatic nitrogens is 1. The molecule has 3 aromatic rings. The number of anilines is 2. The molecule has 8 nitrogen and oxygen atoms in total. The molecule has 0 aliphatic rings. The maximum Gasteiger partial charge on any atom is 0.319 e. The fourth-order valence-electron chi connectivity index (χ4n) is 2.45. The number of carbonyl (C=O) groups excluding carboxylic acids is 1. The van der Waals surface area contributed by atoms with Gasteiger partial charge >= 0.3 is 6.03 Å². The van der Waals surface area contributed by atoms with Crippen molar-refractivity contribution in [2.45, 2.75) is 11.4 Å². The lowest BCUT2D eigenvalue weighted by Crippen LogP contribution is -2.28. The summed E-state index contributed by atoms with van der Waals surface area (Å²) in [4.78, 5) is 16.0. The third-order valence-electron chi connectivity index (χ3n) is 3.97. The third-order valence-corrected chi connectivity index (χ3v) is 5.36. The lowest BCUT2D eigenvalue weighted by molar-refractivity contribution is 0.251. The van der Waals surface area contributed by atoms with Gasteiger partial charge in [0.25, 0.3) is 10.0 Å². The van der Waals surface area contributed by atoms with Crippen LogP contribution >= 0.6 is 0 Å². The number of pyridine rings is 1. The van der Waals surface area contributed by atoms with E-state index < -0.39 is 10.0 Å². The van der Waals surface area contributed by atoms with Crippen molar-refractivity contribution in [1.82, 2.24) is 10.3 Å². The summed E-state index contributed by atoms with van der Waals surface area (Å²) in [5.41, 5.74) is 1.84. The molecule has 0 unspecified atom stereocenters. The van der Waals surface area contributed by atoms with Crippen LogP contribution in [0, 0.1) is 0 Å². The van der Waals surface area contributed by atoms with Crippen molar-refractivity contribution in [3.63, 3.8) is 0 Å². The molecule has 1 aromatic heterocycles. The van der Waals surface area contributed by atoms with Crippen LogP contribution in [-0.4, -0.2) is 26.5 Å². The molecule has 0 atom stereocenters. The van der Waals surface area contributed by atoms with Crippen molar-refractivity contribution in [2.24, 2.45) is 0 Å². The van der Waals surface area contributed by atoms with Gasteiger partial charge in [-0.1, -0.05) is 0 Å². The topological polar surface area (TPSA) is 109 Å². The number of hydrogen-bond acceptors (Lipinski definition) is 5. The van der Waals surface area contributed by atoms with Gasteiger partial charge in [-0.25, -0.2) is 13.2 Å². The molecular weight excluding hydrogens is 392 g/mol. The summed E-state index contributed by atoms with van der Waals surface area (Å²) >= 11 is 0. The molecule has 0 fully saturated rings. The summed E-state index contributed by atoms with van der Waals surface area (Å²) in [5.74, 6) is 0.571. The molecule has 0 saturated carbocycles. The van der Waals surface area contributed by atoms with E-state index in [1.54, 1.807) is 48.8 Å². The Bertz CT molecular complexity index is 1050. The quantitative estimate of drug-likeness (QED) is 0.552. The van der Waals surface area contributed by atoms with Gasteiger partial charge in [0.05, 0.1) is 12.0 Å². The number of nitrogens with one attached hydrogen (secondary N) is 3. The fraction of sp³-hybridized carbons (Fsp3) is 0.100. The van der Waals surface area contributed by atoms with Crippen LogP contribution < -0.4 is 20.1 Å². The molecule has 9 heteroatoms. The van der Waals surface area contributed by atoms with Gasteiger partial charge in [-0.05, 0) is 66.2 Å². The van der Waals surface area contributed by atoms with Gasteiger partial charge in [0.1, 0.15) is 5.75 Å². The smallest absolute Gasteiger partial charge is 0.319 e. The van der Waals surface area contributed by atoms with Gasteiger partial charge in [0.15, 0.2) is 0 Å². The Hall–Kier alpha value is -3.59. The Labute approximate surface area is 169 Å². The number of ether oxygens (including phenoxy) is 1. The monoisotopic (exact) mass is 412 g/mol. The first-order valence-corrected chi connectivity index (χ1v) is 10.2. The van der Waals surface area contributed by atoms with E-state index in [-0.39, 0.29) is 10.9 Å². The molecule has 0 aliphatic carbocycles. The van der Waals surface area contributed by atoms with Crippen molar-refractivity contribution in [2.75, 3.05) is 17.1 Å². The zero-order valence-electron chi connectivity index (χ0n) is 15.6. The average molecular weight is 412 g/mol. The van der Waals surface area contributed by atoms with Crippen LogP contribution in [-0.2, 0) is 16.6 Å². The van der Waals surface area contributed by atoms with Crippen molar-refractivity contribution < 1.29 is 17.9 Å². The van der Waals surface area contributed by atoms with Crippen LogP contribution in [0.2, 0.25) is 0 Å². The van der Waals surface area contributed by atoms with E-state index in [2.05, 4.69) is 20.3 Å². The highest BCUT2D eigenvalue weighted by molar-refractivity contribution is 7.92. The SMILES string of the molecule is COc1ccc(S(=O)(=O)Nc2ccc(NC(=O)NCc3ccncc3)cc2)cc1. The molecule has 29 heavy (non-hydrogen) atoms. The summed E-state index contributed by atoms with van der Waals surface area (Å²) < 4.78 is 32.4. The summed E-state index contributed by atoms with van der Waals surface area (Å²) in [7, 11) is -2.21. The highest BCUT2D eigenvalue weighted by atomic mass is 32.2. The molecule has 2 aromatic carbocycles. The molecule has 150 valence electrons. The average Bonchev–Trinajstić information content (AvgIpc) is 2.74. The van der Waals surface area contributed by atoms with Crippen LogP contribution in [0.15, 0.2) is 78.0 Å². The molecule has 3 rings (SSSR count). The van der Waals surface area contributed by atoms with Gasteiger partial charge in [-0.3, -0.25) is 9.71 Å². The summed E-state index contributed by atoms with van der Waals surface area (Å²) in [6.07, 6.45) is 3.31. The first-order chi connectivity index (χ1) is 14.0. The van der Waals surface area contributed by atoms with E-state index in [1.165, 1.54) is 19.2 Å². The lowest BCUT2D eigenvalue weighted by atomic mass is 10.3. The molecule has 0 bridgehead atoms. The lowest BCUT2D eigenvalue weighted by Gasteiger charge is -2.11. The second-order valence-electron chi connectivity index (χ2n) is 6.02. The summed E-state index contributed by atoms with van der Waals surface area (Å²) in [6, 6.07) is 15.7. The second-order valence-corrected chi connectivity index (χ2v) is 7.70. The van der Waals surface area contributed by atoms with Gasteiger partial charge in [0.2, 0.25) is 0 Å². The molecule has 0 radical (unpaired) electrons. The van der Waals surface area contributed by atoms with Crippen molar-refractivity contribution in [3.05, 3.63) is 78.6 Å². The normalized spacial score (nSPS) is 10.8. The van der Waals surface area contributed by atoms with E-state index in [9.17, 15) is 13.2 Å². The van der Waals surface area contributed by atoms with Gasteiger partial charge in [-0.15, -0.1) is 0 Å². The maximum atomic E-state index is 12.4. The van der Waals surface area contributed by atoms with Crippen molar-refractivity contribution in [1.29, 1.82) is 0 Å². The zero-order chi connectivity index (χ0) is 20.7. The Morgan fingerprint density at radius 1 is 0.931 bits per heavy atom. The molecule has 1 heterocycles. The largest absolute Gasteiger partial charge is 0.497 e. The number of hydrogen-bond donors (Lipinski definition) is 3. The highest BCUT2D eigenvalue weighted by Crippen LogP contribution is 2.20. The third kappa shape index (κ3) is 5.69. The molecular formula is C20H20N4O4S. The maximum absolute atomic E-state index is 12.4. The molecule has 0 aliphatic heterocycles. The predicted octanol–water partition coefficient (Wildman–Crippen LogP) is 3.21. The van der Waals surface area contributed by atoms with Crippen LogP contribution in [0.1, 0.15) is 5.56 Å². The standard InChI is InChI=1S/C20H20N4O4S/c1-28-18-6-8-19(9-7-18)29(26,27)24-17-4-2-16(3-5-17)23-20(25)22-14-15-10-12-21-13-11-15/h2-13,24H,14H2,1H3,(H2,22,23,25). The Morgan fingerprint density at radius 2 is 1.55 bits per heavy atom. The Morgan fingerprint density at radius 3 is 2.17 bits per heavy atom. The van der Waals surface area contributed by atoms with Crippen LogP contribution in [0.3, 0.4) is 0 Å². The number of nitrogens with zero attached hydrogens (tertiary/aromatic N) is 1. The van der Waals surface area contributed by atoms with E-state index in [0.717, 1.165) is 5.56 Å². The molecule has 3 N–H and O–H groups in total. The Kier molecular flexibility index (Phi) is 6.30. The van der Waals surface area contributed by atoms with E-state index in [4.69, 9.17) is 4.74 Å². The molecule has 0 saturated heterocycles. The van der Waals surface area contributed by atoms with E-state index >= 15 is 0 Å². The van der Waals surface area contributed by atoms with Crippen molar-refractivity contribution >= 4 is 27.4 Å². The minimum atomic E-state index is -3.72. The van der Waals surface area contributed by atoms with Crippen LogP contribution in [0.25, 0.3) is 0 Å². The van der Waals surface area contributed by atoms with Gasteiger partial charge in [-0.2, -0.15) is 0 Å². The number of benzene rings is 2. The minimum absolute atomic E-state index is 0.121. The second kappa shape index (κ2) is 9.07. The molecule has 0 spiro atoms. The number of rotatable bonds is 7.